The number of ether oxygens (including phenoxy) is 1. The number of methoxy groups -OCH3 is 1. The Morgan fingerprint density at radius 2 is 1.90 bits per heavy atom. The number of hydrogen-bond donors (Lipinski definition) is 0. The molecule has 1 unspecified atom stereocenters. The van der Waals surface area contributed by atoms with E-state index in [0.717, 1.165) is 26.6 Å². The van der Waals surface area contributed by atoms with Gasteiger partial charge in [-0.2, -0.15) is 0 Å². The molecule has 1 atom stereocenters. The first-order valence-corrected chi connectivity index (χ1v) is 8.45. The highest BCUT2D eigenvalue weighted by Crippen LogP contribution is 2.29. The lowest BCUT2D eigenvalue weighted by Crippen LogP contribution is -2.25. The van der Waals surface area contributed by atoms with E-state index in [0.29, 0.717) is 0 Å². The van der Waals surface area contributed by atoms with Crippen LogP contribution in [-0.4, -0.2) is 22.6 Å². The molecule has 0 amide bonds. The van der Waals surface area contributed by atoms with Crippen LogP contribution in [-0.2, 0) is 11.4 Å². The Hall–Kier alpha value is -1.04. The first-order chi connectivity index (χ1) is 9.82. The van der Waals surface area contributed by atoms with Crippen molar-refractivity contribution >= 4 is 44.3 Å². The number of rotatable bonds is 3. The second kappa shape index (κ2) is 6.38. The fourth-order valence-electron chi connectivity index (χ4n) is 1.82. The maximum atomic E-state index is 12.0. The van der Waals surface area contributed by atoms with Crippen LogP contribution in [0.15, 0.2) is 39.2 Å². The molecule has 0 aromatic heterocycles. The van der Waals surface area contributed by atoms with Gasteiger partial charge >= 0.3 is 0 Å². The molecule has 0 radical (unpaired) electrons. The molecule has 5 heteroatoms. The van der Waals surface area contributed by atoms with Gasteiger partial charge in [0.1, 0.15) is 21.9 Å². The Morgan fingerprint density at radius 1 is 1.19 bits per heavy atom. The van der Waals surface area contributed by atoms with E-state index in [-0.39, 0.29) is 4.75 Å². The zero-order valence-corrected chi connectivity index (χ0v) is 14.9. The van der Waals surface area contributed by atoms with Crippen molar-refractivity contribution in [1.82, 2.24) is 0 Å². The fourth-order valence-corrected chi connectivity index (χ4v) is 2.82. The maximum absolute atomic E-state index is 12.0. The van der Waals surface area contributed by atoms with E-state index < -0.39 is 11.4 Å². The average Bonchev–Trinajstić information content (AvgIpc) is 2.44. The summed E-state index contributed by atoms with van der Waals surface area (Å²) in [6.07, 6.45) is 1.68. The van der Waals surface area contributed by atoms with E-state index in [1.165, 1.54) is 0 Å². The summed E-state index contributed by atoms with van der Waals surface area (Å²) in [5.41, 5.74) is 0.921. The molecule has 0 N–H and O–H groups in total. The monoisotopic (exact) mass is 367 g/mol. The minimum Gasteiger partial charge on any atom is -0.591 e. The molecule has 0 aliphatic heterocycles. The van der Waals surface area contributed by atoms with Crippen LogP contribution in [0, 0.1) is 0 Å². The van der Waals surface area contributed by atoms with Gasteiger partial charge in [0.05, 0.1) is 13.3 Å². The Morgan fingerprint density at radius 3 is 2.52 bits per heavy atom. The summed E-state index contributed by atoms with van der Waals surface area (Å²) in [6.45, 7) is 5.72. The second-order valence-electron chi connectivity index (χ2n) is 5.64. The lowest BCUT2D eigenvalue weighted by molar-refractivity contribution is 0.415. The lowest BCUT2D eigenvalue weighted by atomic mass is 10.1. The van der Waals surface area contributed by atoms with Crippen LogP contribution in [0.5, 0.6) is 5.75 Å². The Labute approximate surface area is 136 Å². The van der Waals surface area contributed by atoms with Crippen molar-refractivity contribution in [3.63, 3.8) is 0 Å². The normalized spacial score (nSPS) is 13.8. The Kier molecular flexibility index (Phi) is 4.96. The van der Waals surface area contributed by atoms with Crippen LogP contribution < -0.4 is 4.74 Å². The van der Waals surface area contributed by atoms with Gasteiger partial charge in [-0.1, -0.05) is 26.4 Å². The van der Waals surface area contributed by atoms with Gasteiger partial charge in [-0.25, -0.2) is 0 Å². The smallest absolute Gasteiger partial charge is 0.144 e. The first kappa shape index (κ1) is 16.3. The molecule has 2 rings (SSSR count). The molecule has 0 bridgehead atoms. The number of benzene rings is 2. The van der Waals surface area contributed by atoms with E-state index in [4.69, 9.17) is 4.74 Å². The van der Waals surface area contributed by atoms with Crippen LogP contribution in [0.25, 0.3) is 10.8 Å². The van der Waals surface area contributed by atoms with Crippen LogP contribution in [0.4, 0.5) is 0 Å². The highest BCUT2D eigenvalue weighted by molar-refractivity contribution is 9.10. The topological polar surface area (TPSA) is 44.6 Å². The van der Waals surface area contributed by atoms with Crippen molar-refractivity contribution < 1.29 is 9.29 Å². The van der Waals surface area contributed by atoms with Crippen molar-refractivity contribution in [2.45, 2.75) is 25.5 Å². The molecule has 0 saturated carbocycles. The predicted octanol–water partition coefficient (Wildman–Crippen LogP) is 4.49. The van der Waals surface area contributed by atoms with Crippen molar-refractivity contribution in [2.75, 3.05) is 7.11 Å². The molecular weight excluding hydrogens is 350 g/mol. The van der Waals surface area contributed by atoms with Gasteiger partial charge in [0.15, 0.2) is 0 Å². The van der Waals surface area contributed by atoms with Crippen LogP contribution >= 0.6 is 15.9 Å². The number of nitrogens with zero attached hydrogens (tertiary/aromatic N) is 1. The van der Waals surface area contributed by atoms with Gasteiger partial charge in [-0.15, -0.1) is 0 Å². The van der Waals surface area contributed by atoms with Crippen molar-refractivity contribution in [3.05, 3.63) is 40.4 Å². The van der Waals surface area contributed by atoms with Crippen LogP contribution in [0.3, 0.4) is 0 Å². The molecule has 0 aliphatic carbocycles. The van der Waals surface area contributed by atoms with Gasteiger partial charge < -0.3 is 9.29 Å². The van der Waals surface area contributed by atoms with Gasteiger partial charge in [-0.05, 0) is 55.8 Å². The minimum absolute atomic E-state index is 0.362. The SMILES string of the molecule is COc1ccc2c(Br)ccc(C=N[S+]([O-])C(C)(C)C)c2c1. The highest BCUT2D eigenvalue weighted by atomic mass is 79.9. The molecule has 2 aromatic carbocycles. The summed E-state index contributed by atoms with van der Waals surface area (Å²) in [5.74, 6) is 0.784. The second-order valence-corrected chi connectivity index (χ2v) is 8.43. The Balaban J connectivity index is 2.49. The van der Waals surface area contributed by atoms with Gasteiger partial charge in [0.2, 0.25) is 0 Å². The van der Waals surface area contributed by atoms with Gasteiger partial charge in [0, 0.05) is 10.0 Å². The largest absolute Gasteiger partial charge is 0.591 e. The predicted molar refractivity (Wildman–Crippen MR) is 93.7 cm³/mol. The molecule has 0 aliphatic rings. The molecular formula is C16H18BrNO2S. The minimum atomic E-state index is -1.27. The fraction of sp³-hybridized carbons (Fsp3) is 0.312. The summed E-state index contributed by atoms with van der Waals surface area (Å²) < 4.78 is 22.2. The van der Waals surface area contributed by atoms with E-state index in [2.05, 4.69) is 20.3 Å². The van der Waals surface area contributed by atoms with Crippen molar-refractivity contribution in [2.24, 2.45) is 4.40 Å². The first-order valence-electron chi connectivity index (χ1n) is 6.55. The van der Waals surface area contributed by atoms with Gasteiger partial charge in [-0.3, -0.25) is 0 Å². The zero-order valence-electron chi connectivity index (χ0n) is 12.5. The third-order valence-corrected chi connectivity index (χ3v) is 5.05. The Bertz CT molecular complexity index is 680. The number of fused-ring (bicyclic) bond motifs is 1. The van der Waals surface area contributed by atoms with E-state index in [9.17, 15) is 4.55 Å². The molecule has 0 heterocycles. The molecule has 21 heavy (non-hydrogen) atoms. The third kappa shape index (κ3) is 3.78. The summed E-state index contributed by atoms with van der Waals surface area (Å²) in [4.78, 5) is 0. The van der Waals surface area contributed by atoms with Crippen LogP contribution in [0.2, 0.25) is 0 Å². The number of halogens is 1. The standard InChI is InChI=1S/C16H18BrNO2S/c1-16(2,3)21(19)18-10-11-5-8-15(17)13-7-6-12(20-4)9-14(11)13/h5-10H,1-4H3. The highest BCUT2D eigenvalue weighted by Gasteiger charge is 2.25. The maximum Gasteiger partial charge on any atom is 0.144 e. The molecule has 2 aromatic rings. The van der Waals surface area contributed by atoms with Crippen molar-refractivity contribution in [3.8, 4) is 5.75 Å². The van der Waals surface area contributed by atoms with Gasteiger partial charge in [0.25, 0.3) is 0 Å². The van der Waals surface area contributed by atoms with E-state index >= 15 is 0 Å². The van der Waals surface area contributed by atoms with E-state index in [1.54, 1.807) is 13.3 Å². The molecule has 112 valence electrons. The van der Waals surface area contributed by atoms with Crippen molar-refractivity contribution in [1.29, 1.82) is 0 Å². The summed E-state index contributed by atoms with van der Waals surface area (Å²) in [7, 11) is 1.64. The number of hydrogen-bond acceptors (Lipinski definition) is 3. The molecule has 3 nitrogen and oxygen atoms in total. The molecule has 0 saturated heterocycles. The molecule has 0 fully saturated rings. The molecule has 0 spiro atoms. The van der Waals surface area contributed by atoms with Crippen LogP contribution in [0.1, 0.15) is 26.3 Å². The third-order valence-electron chi connectivity index (χ3n) is 3.02. The quantitative estimate of drug-likeness (QED) is 0.592. The summed E-state index contributed by atoms with van der Waals surface area (Å²) in [6, 6.07) is 9.80. The lowest BCUT2D eigenvalue weighted by Gasteiger charge is -2.17. The zero-order chi connectivity index (χ0) is 15.6. The summed E-state index contributed by atoms with van der Waals surface area (Å²) in [5, 5.41) is 2.08. The average molecular weight is 368 g/mol. The van der Waals surface area contributed by atoms with E-state index in [1.807, 2.05) is 51.1 Å². The summed E-state index contributed by atoms with van der Waals surface area (Å²) >= 11 is 2.28.